The first kappa shape index (κ1) is 17.8. The van der Waals surface area contributed by atoms with E-state index in [0.717, 1.165) is 41.8 Å². The molecular formula is C20H29NO2S. The average Bonchev–Trinajstić information content (AvgIpc) is 2.61. The summed E-state index contributed by atoms with van der Waals surface area (Å²) in [5.74, 6) is 3.92. The number of rotatable bonds is 4. The van der Waals surface area contributed by atoms with Gasteiger partial charge in [0.05, 0.1) is 7.11 Å². The van der Waals surface area contributed by atoms with Gasteiger partial charge in [0.1, 0.15) is 5.75 Å². The third-order valence-corrected chi connectivity index (χ3v) is 6.53. The van der Waals surface area contributed by atoms with Gasteiger partial charge in [-0.25, -0.2) is 0 Å². The van der Waals surface area contributed by atoms with Crippen molar-refractivity contribution < 1.29 is 9.53 Å². The van der Waals surface area contributed by atoms with Crippen LogP contribution in [0.3, 0.4) is 0 Å². The molecule has 0 unspecified atom stereocenters. The Morgan fingerprint density at radius 3 is 2.46 bits per heavy atom. The predicted molar refractivity (Wildman–Crippen MR) is 101 cm³/mol. The number of benzene rings is 1. The van der Waals surface area contributed by atoms with Crippen LogP contribution in [0.4, 0.5) is 0 Å². The number of hydrogen-bond donors (Lipinski definition) is 0. The zero-order chi connectivity index (χ0) is 17.1. The first-order chi connectivity index (χ1) is 11.6. The van der Waals surface area contributed by atoms with Gasteiger partial charge in [-0.3, -0.25) is 9.69 Å². The molecule has 0 aliphatic carbocycles. The molecule has 0 amide bonds. The quantitative estimate of drug-likeness (QED) is 0.767. The molecule has 0 aromatic heterocycles. The minimum Gasteiger partial charge on any atom is -0.496 e. The number of hydrogen-bond acceptors (Lipinski definition) is 4. The summed E-state index contributed by atoms with van der Waals surface area (Å²) in [6.07, 6.45) is 4.74. The molecule has 0 radical (unpaired) electrons. The monoisotopic (exact) mass is 347 g/mol. The predicted octanol–water partition coefficient (Wildman–Crippen LogP) is 4.10. The molecule has 3 nitrogen and oxygen atoms in total. The van der Waals surface area contributed by atoms with Crippen molar-refractivity contribution >= 4 is 17.5 Å². The number of aryl methyl sites for hydroxylation is 2. The molecule has 2 fully saturated rings. The Morgan fingerprint density at radius 2 is 1.83 bits per heavy atom. The van der Waals surface area contributed by atoms with E-state index in [0.29, 0.717) is 11.8 Å². The number of carbonyl (C=O) groups excluding carboxylic acids is 1. The summed E-state index contributed by atoms with van der Waals surface area (Å²) in [6.45, 7) is 6.16. The lowest BCUT2D eigenvalue weighted by atomic mass is 9.87. The van der Waals surface area contributed by atoms with Gasteiger partial charge in [0.25, 0.3) is 0 Å². The molecule has 132 valence electrons. The number of ether oxygens (including phenoxy) is 1. The van der Waals surface area contributed by atoms with E-state index in [1.807, 2.05) is 26.0 Å². The number of thioether (sulfide) groups is 1. The maximum absolute atomic E-state index is 13.1. The van der Waals surface area contributed by atoms with Crippen LogP contribution in [-0.4, -0.2) is 48.4 Å². The molecule has 2 heterocycles. The van der Waals surface area contributed by atoms with Gasteiger partial charge in [-0.1, -0.05) is 0 Å². The normalized spacial score (nSPS) is 23.2. The maximum atomic E-state index is 13.1. The number of ketones is 1. The van der Waals surface area contributed by atoms with E-state index < -0.39 is 0 Å². The van der Waals surface area contributed by atoms with E-state index in [9.17, 15) is 4.79 Å². The van der Waals surface area contributed by atoms with Crippen LogP contribution in [0.2, 0.25) is 0 Å². The van der Waals surface area contributed by atoms with E-state index in [2.05, 4.69) is 16.7 Å². The largest absolute Gasteiger partial charge is 0.496 e. The van der Waals surface area contributed by atoms with Gasteiger partial charge in [-0.2, -0.15) is 11.8 Å². The van der Waals surface area contributed by atoms with Crippen molar-refractivity contribution in [2.24, 2.45) is 5.92 Å². The van der Waals surface area contributed by atoms with Crippen LogP contribution in [0.5, 0.6) is 5.75 Å². The summed E-state index contributed by atoms with van der Waals surface area (Å²) in [5, 5.41) is 0. The molecule has 0 N–H and O–H groups in total. The molecule has 1 aromatic rings. The molecule has 0 saturated carbocycles. The number of methoxy groups -OCH3 is 1. The molecule has 2 aliphatic rings. The van der Waals surface area contributed by atoms with E-state index in [4.69, 9.17) is 4.74 Å². The topological polar surface area (TPSA) is 29.5 Å². The average molecular weight is 348 g/mol. The van der Waals surface area contributed by atoms with Crippen molar-refractivity contribution in [1.82, 2.24) is 4.90 Å². The summed E-state index contributed by atoms with van der Waals surface area (Å²) in [6, 6.07) is 4.70. The van der Waals surface area contributed by atoms with Crippen LogP contribution >= 0.6 is 11.8 Å². The third kappa shape index (κ3) is 3.80. The molecule has 1 aromatic carbocycles. The molecular weight excluding hydrogens is 318 g/mol. The zero-order valence-electron chi connectivity index (χ0n) is 15.1. The van der Waals surface area contributed by atoms with E-state index >= 15 is 0 Å². The van der Waals surface area contributed by atoms with Gasteiger partial charge in [0, 0.05) is 24.1 Å². The standard InChI is InChI=1S/C20H29NO2S/c1-14-11-17(12-15(2)20(14)23-3)19(22)16-5-4-8-21(13-16)18-6-9-24-10-7-18/h11-12,16,18H,4-10,13H2,1-3H3/t16-/m0/s1. The first-order valence-electron chi connectivity index (χ1n) is 9.11. The van der Waals surface area contributed by atoms with E-state index in [-0.39, 0.29) is 5.92 Å². The highest BCUT2D eigenvalue weighted by molar-refractivity contribution is 7.99. The summed E-state index contributed by atoms with van der Waals surface area (Å²) in [5.41, 5.74) is 2.97. The molecule has 24 heavy (non-hydrogen) atoms. The van der Waals surface area contributed by atoms with Crippen molar-refractivity contribution in [3.8, 4) is 5.75 Å². The van der Waals surface area contributed by atoms with Crippen LogP contribution in [0, 0.1) is 19.8 Å². The van der Waals surface area contributed by atoms with Crippen molar-refractivity contribution in [1.29, 1.82) is 0 Å². The first-order valence-corrected chi connectivity index (χ1v) is 10.3. The lowest BCUT2D eigenvalue weighted by Gasteiger charge is -2.39. The van der Waals surface area contributed by atoms with E-state index in [1.54, 1.807) is 7.11 Å². The smallest absolute Gasteiger partial charge is 0.167 e. The fourth-order valence-electron chi connectivity index (χ4n) is 4.25. The second-order valence-electron chi connectivity index (χ2n) is 7.19. The van der Waals surface area contributed by atoms with Gasteiger partial charge in [-0.15, -0.1) is 0 Å². The third-order valence-electron chi connectivity index (χ3n) is 5.48. The van der Waals surface area contributed by atoms with Crippen molar-refractivity contribution in [3.63, 3.8) is 0 Å². The van der Waals surface area contributed by atoms with Crippen LogP contribution in [0.1, 0.15) is 47.2 Å². The van der Waals surface area contributed by atoms with Crippen LogP contribution in [0.25, 0.3) is 0 Å². The second kappa shape index (κ2) is 7.92. The fourth-order valence-corrected chi connectivity index (χ4v) is 5.33. The van der Waals surface area contributed by atoms with Crippen LogP contribution in [0.15, 0.2) is 12.1 Å². The Bertz CT molecular complexity index is 572. The number of likely N-dealkylation sites (tertiary alicyclic amines) is 1. The van der Waals surface area contributed by atoms with Gasteiger partial charge in [0.15, 0.2) is 5.78 Å². The van der Waals surface area contributed by atoms with Crippen LogP contribution < -0.4 is 4.74 Å². The van der Waals surface area contributed by atoms with Crippen molar-refractivity contribution in [3.05, 3.63) is 28.8 Å². The van der Waals surface area contributed by atoms with Crippen molar-refractivity contribution in [2.45, 2.75) is 45.6 Å². The molecule has 2 aliphatic heterocycles. The van der Waals surface area contributed by atoms with Gasteiger partial charge < -0.3 is 4.74 Å². The van der Waals surface area contributed by atoms with Gasteiger partial charge >= 0.3 is 0 Å². The molecule has 4 heteroatoms. The van der Waals surface area contributed by atoms with Crippen LogP contribution in [-0.2, 0) is 0 Å². The molecule has 2 saturated heterocycles. The minimum absolute atomic E-state index is 0.153. The molecule has 0 bridgehead atoms. The highest BCUT2D eigenvalue weighted by Crippen LogP contribution is 2.30. The SMILES string of the molecule is COc1c(C)cc(C(=O)[C@H]2CCCN(C3CCSCC3)C2)cc1C. The summed E-state index contributed by atoms with van der Waals surface area (Å²) >= 11 is 2.07. The number of Topliss-reactive ketones (excluding diaryl/α,β-unsaturated/α-hetero) is 1. The number of carbonyl (C=O) groups is 1. The van der Waals surface area contributed by atoms with E-state index in [1.165, 1.54) is 30.9 Å². The highest BCUT2D eigenvalue weighted by atomic mass is 32.2. The van der Waals surface area contributed by atoms with Crippen molar-refractivity contribution in [2.75, 3.05) is 31.7 Å². The fraction of sp³-hybridized carbons (Fsp3) is 0.650. The molecule has 0 spiro atoms. The Balaban J connectivity index is 1.72. The Hall–Kier alpha value is -1.00. The zero-order valence-corrected chi connectivity index (χ0v) is 16.0. The Labute approximate surface area is 150 Å². The molecule has 3 rings (SSSR count). The van der Waals surface area contributed by atoms with Gasteiger partial charge in [0.2, 0.25) is 0 Å². The lowest BCUT2D eigenvalue weighted by Crippen LogP contribution is -2.46. The number of nitrogens with zero attached hydrogens (tertiary/aromatic N) is 1. The second-order valence-corrected chi connectivity index (χ2v) is 8.41. The van der Waals surface area contributed by atoms with Gasteiger partial charge in [-0.05, 0) is 80.8 Å². The Morgan fingerprint density at radius 1 is 1.17 bits per heavy atom. The highest BCUT2D eigenvalue weighted by Gasteiger charge is 2.31. The minimum atomic E-state index is 0.153. The molecule has 1 atom stereocenters. The number of piperidine rings is 1. The summed E-state index contributed by atoms with van der Waals surface area (Å²) in [4.78, 5) is 15.7. The summed E-state index contributed by atoms with van der Waals surface area (Å²) < 4.78 is 5.43. The maximum Gasteiger partial charge on any atom is 0.167 e. The Kier molecular flexibility index (Phi) is 5.88. The lowest BCUT2D eigenvalue weighted by molar-refractivity contribution is 0.0741. The summed E-state index contributed by atoms with van der Waals surface area (Å²) in [7, 11) is 1.69.